The number of hydrogen-bond donors (Lipinski definition) is 1. The average molecular weight is 275 g/mol. The van der Waals surface area contributed by atoms with Crippen molar-refractivity contribution in [2.45, 2.75) is 13.8 Å². The van der Waals surface area contributed by atoms with Crippen LogP contribution in [0.2, 0.25) is 5.02 Å². The Morgan fingerprint density at radius 1 is 1.37 bits per heavy atom. The predicted molar refractivity (Wildman–Crippen MR) is 72.7 cm³/mol. The number of hydrogen-bond acceptors (Lipinski definition) is 3. The quantitative estimate of drug-likeness (QED) is 0.726. The van der Waals surface area contributed by atoms with Gasteiger partial charge in [-0.1, -0.05) is 11.6 Å². The van der Waals surface area contributed by atoms with Gasteiger partial charge in [-0.15, -0.1) is 0 Å². The number of furan rings is 1. The maximum atomic E-state index is 12.5. The van der Waals surface area contributed by atoms with Crippen LogP contribution in [0.1, 0.15) is 27.4 Å². The zero-order valence-electron chi connectivity index (χ0n) is 10.5. The van der Waals surface area contributed by atoms with Gasteiger partial charge in [0.1, 0.15) is 17.2 Å². The second-order valence-corrected chi connectivity index (χ2v) is 4.78. The lowest BCUT2D eigenvalue weighted by atomic mass is 10.0. The highest BCUT2D eigenvalue weighted by molar-refractivity contribution is 6.37. The first-order valence-electron chi connectivity index (χ1n) is 5.81. The Kier molecular flexibility index (Phi) is 2.68. The summed E-state index contributed by atoms with van der Waals surface area (Å²) in [6.07, 6.45) is 3.23. The molecule has 0 amide bonds. The zero-order valence-corrected chi connectivity index (χ0v) is 11.2. The van der Waals surface area contributed by atoms with Crippen molar-refractivity contribution in [2.75, 3.05) is 0 Å². The highest BCUT2D eigenvalue weighted by Crippen LogP contribution is 2.28. The van der Waals surface area contributed by atoms with E-state index in [1.807, 2.05) is 6.92 Å². The molecule has 0 saturated carbocycles. The van der Waals surface area contributed by atoms with Crippen LogP contribution in [-0.2, 0) is 0 Å². The molecule has 0 saturated heterocycles. The third kappa shape index (κ3) is 1.85. The van der Waals surface area contributed by atoms with Gasteiger partial charge in [0.15, 0.2) is 5.78 Å². The van der Waals surface area contributed by atoms with Crippen molar-refractivity contribution in [3.8, 4) is 0 Å². The van der Waals surface area contributed by atoms with Crippen LogP contribution in [0.4, 0.5) is 0 Å². The van der Waals surface area contributed by atoms with Crippen molar-refractivity contribution < 1.29 is 9.21 Å². The third-order valence-electron chi connectivity index (χ3n) is 3.05. The summed E-state index contributed by atoms with van der Waals surface area (Å²) in [6, 6.07) is 3.41. The minimum absolute atomic E-state index is 0.115. The molecule has 1 N–H and O–H groups in total. The maximum absolute atomic E-state index is 12.5. The Morgan fingerprint density at radius 3 is 2.84 bits per heavy atom. The standard InChI is InChI=1S/C14H11ClN2O2/c1-7-5-9(8(2)19-7)13(18)10-6-17-14-12(10)11(15)3-4-16-14/h3-6H,1-2H3,(H,16,17). The Bertz CT molecular complexity index is 786. The van der Waals surface area contributed by atoms with E-state index in [0.29, 0.717) is 38.7 Å². The number of fused-ring (bicyclic) bond motifs is 1. The summed E-state index contributed by atoms with van der Waals surface area (Å²) in [5.41, 5.74) is 1.67. The van der Waals surface area contributed by atoms with Gasteiger partial charge in [0, 0.05) is 17.8 Å². The monoisotopic (exact) mass is 274 g/mol. The number of H-pyrrole nitrogens is 1. The van der Waals surface area contributed by atoms with Crippen LogP contribution in [-0.4, -0.2) is 15.8 Å². The van der Waals surface area contributed by atoms with Crippen LogP contribution >= 0.6 is 11.6 Å². The van der Waals surface area contributed by atoms with E-state index in [9.17, 15) is 4.79 Å². The smallest absolute Gasteiger partial charge is 0.198 e. The number of halogens is 1. The minimum Gasteiger partial charge on any atom is -0.466 e. The van der Waals surface area contributed by atoms with Gasteiger partial charge < -0.3 is 9.40 Å². The lowest BCUT2D eigenvalue weighted by Crippen LogP contribution is -2.00. The van der Waals surface area contributed by atoms with Gasteiger partial charge in [0.05, 0.1) is 16.1 Å². The van der Waals surface area contributed by atoms with Crippen LogP contribution in [0.5, 0.6) is 0 Å². The molecule has 0 aromatic carbocycles. The topological polar surface area (TPSA) is 58.9 Å². The van der Waals surface area contributed by atoms with Crippen molar-refractivity contribution in [1.82, 2.24) is 9.97 Å². The number of aromatic nitrogens is 2. The fourth-order valence-corrected chi connectivity index (χ4v) is 2.44. The number of ketones is 1. The average Bonchev–Trinajstić information content (AvgIpc) is 2.93. The van der Waals surface area contributed by atoms with Crippen molar-refractivity contribution in [3.05, 3.63) is 52.2 Å². The summed E-state index contributed by atoms with van der Waals surface area (Å²) in [4.78, 5) is 19.7. The van der Waals surface area contributed by atoms with Crippen molar-refractivity contribution >= 4 is 28.4 Å². The molecule has 0 unspecified atom stereocenters. The second-order valence-electron chi connectivity index (χ2n) is 4.37. The summed E-state index contributed by atoms with van der Waals surface area (Å²) in [5, 5.41) is 1.15. The van der Waals surface area contributed by atoms with Crippen LogP contribution in [0.3, 0.4) is 0 Å². The number of pyridine rings is 1. The van der Waals surface area contributed by atoms with Crippen molar-refractivity contribution in [2.24, 2.45) is 0 Å². The number of nitrogens with one attached hydrogen (secondary N) is 1. The minimum atomic E-state index is -0.115. The molecule has 3 rings (SSSR count). The molecular weight excluding hydrogens is 264 g/mol. The molecular formula is C14H11ClN2O2. The van der Waals surface area contributed by atoms with Crippen molar-refractivity contribution in [1.29, 1.82) is 0 Å². The largest absolute Gasteiger partial charge is 0.466 e. The van der Waals surface area contributed by atoms with E-state index in [0.717, 1.165) is 0 Å². The summed E-state index contributed by atoms with van der Waals surface area (Å²) in [6.45, 7) is 3.59. The molecule has 0 spiro atoms. The molecule has 0 aliphatic rings. The van der Waals surface area contributed by atoms with Gasteiger partial charge in [-0.05, 0) is 26.0 Å². The van der Waals surface area contributed by atoms with E-state index in [1.165, 1.54) is 0 Å². The van der Waals surface area contributed by atoms with Crippen LogP contribution in [0, 0.1) is 13.8 Å². The molecule has 19 heavy (non-hydrogen) atoms. The van der Waals surface area contributed by atoms with Gasteiger partial charge in [0.2, 0.25) is 0 Å². The van der Waals surface area contributed by atoms with E-state index in [2.05, 4.69) is 9.97 Å². The Hall–Kier alpha value is -2.07. The number of aromatic amines is 1. The second kappa shape index (κ2) is 4.24. The third-order valence-corrected chi connectivity index (χ3v) is 3.37. The summed E-state index contributed by atoms with van der Waals surface area (Å²) >= 11 is 6.14. The molecule has 5 heteroatoms. The normalized spacial score (nSPS) is 11.1. The maximum Gasteiger partial charge on any atom is 0.198 e. The van der Waals surface area contributed by atoms with E-state index in [1.54, 1.807) is 31.5 Å². The highest BCUT2D eigenvalue weighted by Gasteiger charge is 2.20. The van der Waals surface area contributed by atoms with Crippen molar-refractivity contribution in [3.63, 3.8) is 0 Å². The molecule has 4 nitrogen and oxygen atoms in total. The fraction of sp³-hybridized carbons (Fsp3) is 0.143. The summed E-state index contributed by atoms with van der Waals surface area (Å²) in [5.74, 6) is 1.21. The van der Waals surface area contributed by atoms with Gasteiger partial charge in [-0.2, -0.15) is 0 Å². The van der Waals surface area contributed by atoms with Crippen LogP contribution in [0.25, 0.3) is 11.0 Å². The van der Waals surface area contributed by atoms with Gasteiger partial charge in [-0.3, -0.25) is 4.79 Å². The van der Waals surface area contributed by atoms with E-state index >= 15 is 0 Å². The van der Waals surface area contributed by atoms with Crippen LogP contribution < -0.4 is 0 Å². The first kappa shape index (κ1) is 12.0. The predicted octanol–water partition coefficient (Wildman–Crippen LogP) is 3.66. The van der Waals surface area contributed by atoms with Gasteiger partial charge in [-0.25, -0.2) is 4.98 Å². The van der Waals surface area contributed by atoms with E-state index in [-0.39, 0.29) is 5.78 Å². The van der Waals surface area contributed by atoms with Crippen LogP contribution in [0.15, 0.2) is 28.9 Å². The molecule has 3 aromatic heterocycles. The zero-order chi connectivity index (χ0) is 13.6. The Labute approximate surface area is 114 Å². The SMILES string of the molecule is Cc1cc(C(=O)c2c[nH]c3nccc(Cl)c23)c(C)o1. The Balaban J connectivity index is 2.20. The number of rotatable bonds is 2. The lowest BCUT2D eigenvalue weighted by Gasteiger charge is -1.99. The first-order chi connectivity index (χ1) is 9.08. The molecule has 0 aliphatic heterocycles. The first-order valence-corrected chi connectivity index (χ1v) is 6.19. The molecule has 3 aromatic rings. The lowest BCUT2D eigenvalue weighted by molar-refractivity contribution is 0.103. The molecule has 0 fully saturated rings. The number of carbonyl (C=O) groups excluding carboxylic acids is 1. The fourth-order valence-electron chi connectivity index (χ4n) is 2.20. The highest BCUT2D eigenvalue weighted by atomic mass is 35.5. The Morgan fingerprint density at radius 2 is 2.16 bits per heavy atom. The van der Waals surface area contributed by atoms with E-state index in [4.69, 9.17) is 16.0 Å². The van der Waals surface area contributed by atoms with E-state index < -0.39 is 0 Å². The number of nitrogens with zero attached hydrogens (tertiary/aromatic N) is 1. The molecule has 96 valence electrons. The van der Waals surface area contributed by atoms with Gasteiger partial charge >= 0.3 is 0 Å². The number of carbonyl (C=O) groups is 1. The summed E-state index contributed by atoms with van der Waals surface area (Å²) in [7, 11) is 0. The molecule has 0 bridgehead atoms. The molecule has 0 radical (unpaired) electrons. The van der Waals surface area contributed by atoms with Gasteiger partial charge in [0.25, 0.3) is 0 Å². The molecule has 0 atom stereocenters. The summed E-state index contributed by atoms with van der Waals surface area (Å²) < 4.78 is 5.40. The molecule has 0 aliphatic carbocycles. The molecule has 3 heterocycles. The number of aryl methyl sites for hydroxylation is 2.